The zero-order valence-electron chi connectivity index (χ0n) is 13.4. The topological polar surface area (TPSA) is 64.3 Å². The lowest BCUT2D eigenvalue weighted by Crippen LogP contribution is -2.82. The van der Waals surface area contributed by atoms with Crippen molar-refractivity contribution >= 4 is 5.91 Å². The third-order valence-corrected chi connectivity index (χ3v) is 5.50. The van der Waals surface area contributed by atoms with E-state index in [1.807, 2.05) is 13.8 Å². The molecule has 1 saturated heterocycles. The molecule has 0 radical (unpaired) electrons. The van der Waals surface area contributed by atoms with E-state index < -0.39 is 22.6 Å². The number of nitrogens with one attached hydrogen (secondary N) is 1. The summed E-state index contributed by atoms with van der Waals surface area (Å²) in [6.45, 7) is 4.70. The van der Waals surface area contributed by atoms with E-state index in [9.17, 15) is 13.6 Å². The number of nitrogens with two attached hydrogens (primary N) is 1. The molecule has 4 nitrogen and oxygen atoms in total. The lowest BCUT2D eigenvalue weighted by atomic mass is 9.46. The summed E-state index contributed by atoms with van der Waals surface area (Å²) in [5, 5.41) is 2.77. The van der Waals surface area contributed by atoms with Crippen LogP contribution >= 0.6 is 0 Å². The Morgan fingerprint density at radius 3 is 2.83 bits per heavy atom. The first-order chi connectivity index (χ1) is 10.8. The summed E-state index contributed by atoms with van der Waals surface area (Å²) >= 11 is 0. The molecule has 6 heteroatoms. The standard InChI is InChI=1S/C17H22F2N2O2/c1-16(2)14-11(4-3-7-23-14)17(16,20)15(22)21-9-10-5-6-12(18)13(19)8-10/h5-6,8,11,14H,3-4,7,9,20H2,1-2H3,(H,21,22). The highest BCUT2D eigenvalue weighted by atomic mass is 19.2. The monoisotopic (exact) mass is 324 g/mol. The predicted molar refractivity (Wildman–Crippen MR) is 81.4 cm³/mol. The van der Waals surface area contributed by atoms with Crippen LogP contribution in [0.3, 0.4) is 0 Å². The molecule has 0 bridgehead atoms. The van der Waals surface area contributed by atoms with E-state index in [1.165, 1.54) is 6.07 Å². The van der Waals surface area contributed by atoms with Crippen LogP contribution in [0.1, 0.15) is 32.3 Å². The van der Waals surface area contributed by atoms with Gasteiger partial charge in [-0.2, -0.15) is 0 Å². The highest BCUT2D eigenvalue weighted by molar-refractivity contribution is 5.89. The molecule has 2 fully saturated rings. The summed E-state index contributed by atoms with van der Waals surface area (Å²) in [5.74, 6) is -2.10. The maximum absolute atomic E-state index is 13.2. The van der Waals surface area contributed by atoms with E-state index in [0.717, 1.165) is 25.0 Å². The van der Waals surface area contributed by atoms with Crippen molar-refractivity contribution < 1.29 is 18.3 Å². The van der Waals surface area contributed by atoms with Crippen LogP contribution in [0.2, 0.25) is 0 Å². The number of fused-ring (bicyclic) bond motifs is 1. The highest BCUT2D eigenvalue weighted by Crippen LogP contribution is 2.57. The Morgan fingerprint density at radius 2 is 2.13 bits per heavy atom. The molecule has 3 N–H and O–H groups in total. The van der Waals surface area contributed by atoms with Gasteiger partial charge < -0.3 is 15.8 Å². The Kier molecular flexibility index (Phi) is 3.92. The van der Waals surface area contributed by atoms with Crippen LogP contribution in [0.15, 0.2) is 18.2 Å². The first-order valence-corrected chi connectivity index (χ1v) is 7.91. The zero-order chi connectivity index (χ0) is 16.8. The molecular weight excluding hydrogens is 302 g/mol. The van der Waals surface area contributed by atoms with Crippen LogP contribution in [-0.4, -0.2) is 24.2 Å². The Morgan fingerprint density at radius 1 is 1.39 bits per heavy atom. The van der Waals surface area contributed by atoms with Gasteiger partial charge in [-0.3, -0.25) is 4.79 Å². The number of carbonyl (C=O) groups is 1. The molecule has 1 saturated carbocycles. The largest absolute Gasteiger partial charge is 0.377 e. The second kappa shape index (κ2) is 5.53. The fourth-order valence-electron chi connectivity index (χ4n) is 4.01. The lowest BCUT2D eigenvalue weighted by Gasteiger charge is -2.65. The first-order valence-electron chi connectivity index (χ1n) is 7.91. The summed E-state index contributed by atoms with van der Waals surface area (Å²) in [5.41, 5.74) is 5.50. The van der Waals surface area contributed by atoms with Gasteiger partial charge >= 0.3 is 0 Å². The maximum Gasteiger partial charge on any atom is 0.241 e. The molecule has 23 heavy (non-hydrogen) atoms. The minimum Gasteiger partial charge on any atom is -0.377 e. The van der Waals surface area contributed by atoms with Gasteiger partial charge in [0.15, 0.2) is 11.6 Å². The van der Waals surface area contributed by atoms with Gasteiger partial charge in [0, 0.05) is 24.5 Å². The summed E-state index contributed by atoms with van der Waals surface area (Å²) in [4.78, 5) is 12.7. The van der Waals surface area contributed by atoms with Gasteiger partial charge in [0.1, 0.15) is 5.54 Å². The third kappa shape index (κ3) is 2.35. The van der Waals surface area contributed by atoms with Crippen molar-refractivity contribution in [3.05, 3.63) is 35.4 Å². The molecule has 3 unspecified atom stereocenters. The third-order valence-electron chi connectivity index (χ3n) is 5.50. The van der Waals surface area contributed by atoms with Crippen molar-refractivity contribution in [3.8, 4) is 0 Å². The van der Waals surface area contributed by atoms with Crippen molar-refractivity contribution in [2.45, 2.75) is 44.9 Å². The molecule has 0 aromatic heterocycles. The van der Waals surface area contributed by atoms with E-state index in [0.29, 0.717) is 12.2 Å². The summed E-state index contributed by atoms with van der Waals surface area (Å²) in [7, 11) is 0. The number of halogens is 2. The second-order valence-corrected chi connectivity index (χ2v) is 7.06. The highest BCUT2D eigenvalue weighted by Gasteiger charge is 2.70. The van der Waals surface area contributed by atoms with Gasteiger partial charge in [-0.05, 0) is 30.5 Å². The van der Waals surface area contributed by atoms with Crippen molar-refractivity contribution in [2.75, 3.05) is 6.61 Å². The molecule has 1 aromatic rings. The molecule has 0 spiro atoms. The van der Waals surface area contributed by atoms with E-state index in [-0.39, 0.29) is 24.5 Å². The number of benzene rings is 1. The van der Waals surface area contributed by atoms with Gasteiger partial charge in [-0.25, -0.2) is 8.78 Å². The van der Waals surface area contributed by atoms with Gasteiger partial charge in [0.2, 0.25) is 5.91 Å². The molecule has 1 aliphatic heterocycles. The van der Waals surface area contributed by atoms with E-state index in [2.05, 4.69) is 5.32 Å². The molecule has 3 atom stereocenters. The number of hydrogen-bond donors (Lipinski definition) is 2. The molecule has 3 rings (SSSR count). The summed E-state index contributed by atoms with van der Waals surface area (Å²) in [6.07, 6.45) is 1.76. The number of carbonyl (C=O) groups excluding carboxylic acids is 1. The average Bonchev–Trinajstić information content (AvgIpc) is 2.54. The Hall–Kier alpha value is -1.53. The normalized spacial score (nSPS) is 31.9. The van der Waals surface area contributed by atoms with Crippen molar-refractivity contribution in [1.29, 1.82) is 0 Å². The van der Waals surface area contributed by atoms with Gasteiger partial charge in [-0.1, -0.05) is 19.9 Å². The Balaban J connectivity index is 1.71. The average molecular weight is 324 g/mol. The number of ether oxygens (including phenoxy) is 1. The first kappa shape index (κ1) is 16.3. The molecule has 2 aliphatic rings. The lowest BCUT2D eigenvalue weighted by molar-refractivity contribution is -0.225. The molecular formula is C17H22F2N2O2. The number of rotatable bonds is 3. The fraction of sp³-hybridized carbons (Fsp3) is 0.588. The van der Waals surface area contributed by atoms with Crippen LogP contribution in [-0.2, 0) is 16.1 Å². The van der Waals surface area contributed by atoms with Gasteiger partial charge in [0.05, 0.1) is 6.10 Å². The van der Waals surface area contributed by atoms with E-state index >= 15 is 0 Å². The number of hydrogen-bond acceptors (Lipinski definition) is 3. The van der Waals surface area contributed by atoms with E-state index in [4.69, 9.17) is 10.5 Å². The van der Waals surface area contributed by atoms with E-state index in [1.54, 1.807) is 0 Å². The molecule has 1 amide bonds. The molecule has 1 heterocycles. The summed E-state index contributed by atoms with van der Waals surface area (Å²) in [6, 6.07) is 3.57. The minimum atomic E-state index is -1.00. The minimum absolute atomic E-state index is 0.00351. The van der Waals surface area contributed by atoms with Crippen LogP contribution in [0.4, 0.5) is 8.78 Å². The Labute approximate surface area is 134 Å². The fourth-order valence-corrected chi connectivity index (χ4v) is 4.01. The molecule has 1 aromatic carbocycles. The molecule has 126 valence electrons. The predicted octanol–water partition coefficient (Wildman–Crippen LogP) is 2.11. The maximum atomic E-state index is 13.2. The quantitative estimate of drug-likeness (QED) is 0.895. The van der Waals surface area contributed by atoms with Crippen LogP contribution in [0.25, 0.3) is 0 Å². The van der Waals surface area contributed by atoms with Gasteiger partial charge in [-0.15, -0.1) is 0 Å². The molecule has 1 aliphatic carbocycles. The zero-order valence-corrected chi connectivity index (χ0v) is 13.4. The van der Waals surface area contributed by atoms with Crippen molar-refractivity contribution in [1.82, 2.24) is 5.32 Å². The van der Waals surface area contributed by atoms with Crippen molar-refractivity contribution in [3.63, 3.8) is 0 Å². The van der Waals surface area contributed by atoms with Crippen LogP contribution in [0, 0.1) is 23.0 Å². The van der Waals surface area contributed by atoms with Crippen LogP contribution in [0.5, 0.6) is 0 Å². The second-order valence-electron chi connectivity index (χ2n) is 7.06. The van der Waals surface area contributed by atoms with Crippen LogP contribution < -0.4 is 11.1 Å². The summed E-state index contributed by atoms with van der Waals surface area (Å²) < 4.78 is 32.0. The van der Waals surface area contributed by atoms with Gasteiger partial charge in [0.25, 0.3) is 0 Å². The Bertz CT molecular complexity index is 635. The smallest absolute Gasteiger partial charge is 0.241 e. The number of amides is 1. The van der Waals surface area contributed by atoms with Crippen molar-refractivity contribution in [2.24, 2.45) is 17.1 Å². The SMILES string of the molecule is CC1(C)C2OCCCC2C1(N)C(=O)NCc1ccc(F)c(F)c1.